The standard InChI is InChI=1S/C17H11ClN2O4S/c18-9-4-6-14(21)13(8-9)20-25(23,24)15-7-5-12-16-10(15)2-1-3-11(16)17(22)19-12/h1-8,20-21H,(H,19,22). The molecular weight excluding hydrogens is 364 g/mol. The maximum absolute atomic E-state index is 12.8. The summed E-state index contributed by atoms with van der Waals surface area (Å²) in [4.78, 5) is 12.0. The Morgan fingerprint density at radius 1 is 1.08 bits per heavy atom. The van der Waals surface area contributed by atoms with Crippen LogP contribution in [0.15, 0.2) is 53.4 Å². The van der Waals surface area contributed by atoms with Crippen molar-refractivity contribution in [1.29, 1.82) is 0 Å². The van der Waals surface area contributed by atoms with Gasteiger partial charge < -0.3 is 10.4 Å². The number of phenolic OH excluding ortho intramolecular Hbond substituents is 1. The van der Waals surface area contributed by atoms with Gasteiger partial charge in [0.1, 0.15) is 5.75 Å². The van der Waals surface area contributed by atoms with Gasteiger partial charge in [-0.1, -0.05) is 23.7 Å². The SMILES string of the molecule is O=C1Nc2ccc(S(=O)(=O)Nc3cc(Cl)ccc3O)c3cccc1c23. The highest BCUT2D eigenvalue weighted by molar-refractivity contribution is 7.93. The Bertz CT molecular complexity index is 1160. The van der Waals surface area contributed by atoms with Gasteiger partial charge >= 0.3 is 0 Å². The zero-order valence-corrected chi connectivity index (χ0v) is 14.1. The monoisotopic (exact) mass is 374 g/mol. The number of phenols is 1. The van der Waals surface area contributed by atoms with Gasteiger partial charge in [-0.2, -0.15) is 0 Å². The van der Waals surface area contributed by atoms with Gasteiger partial charge in [-0.15, -0.1) is 0 Å². The number of benzene rings is 3. The number of aromatic hydroxyl groups is 1. The first-order chi connectivity index (χ1) is 11.9. The zero-order valence-electron chi connectivity index (χ0n) is 12.6. The lowest BCUT2D eigenvalue weighted by Gasteiger charge is -2.12. The van der Waals surface area contributed by atoms with Gasteiger partial charge in [-0.3, -0.25) is 9.52 Å². The summed E-state index contributed by atoms with van der Waals surface area (Å²) in [6, 6.07) is 11.9. The number of carbonyl (C=O) groups is 1. The van der Waals surface area contributed by atoms with Crippen LogP contribution in [0.2, 0.25) is 5.02 Å². The summed E-state index contributed by atoms with van der Waals surface area (Å²) in [5.74, 6) is -0.508. The second-order valence-electron chi connectivity index (χ2n) is 5.56. The van der Waals surface area contributed by atoms with E-state index >= 15 is 0 Å². The van der Waals surface area contributed by atoms with Crippen molar-refractivity contribution in [3.05, 3.63) is 59.1 Å². The van der Waals surface area contributed by atoms with Crippen LogP contribution in [0, 0.1) is 0 Å². The molecule has 0 atom stereocenters. The van der Waals surface area contributed by atoms with E-state index in [9.17, 15) is 18.3 Å². The normalized spacial score (nSPS) is 13.1. The summed E-state index contributed by atoms with van der Waals surface area (Å²) < 4.78 is 28.0. The lowest BCUT2D eigenvalue weighted by Crippen LogP contribution is -2.13. The van der Waals surface area contributed by atoms with E-state index < -0.39 is 10.0 Å². The van der Waals surface area contributed by atoms with Crippen LogP contribution in [0.3, 0.4) is 0 Å². The van der Waals surface area contributed by atoms with Gasteiger partial charge in [0, 0.05) is 27.0 Å². The molecule has 3 aromatic rings. The average molecular weight is 375 g/mol. The fourth-order valence-electron chi connectivity index (χ4n) is 2.89. The molecule has 0 unspecified atom stereocenters. The molecule has 126 valence electrons. The van der Waals surface area contributed by atoms with Crippen molar-refractivity contribution >= 4 is 49.7 Å². The molecule has 0 spiro atoms. The summed E-state index contributed by atoms with van der Waals surface area (Å²) in [6.45, 7) is 0. The Morgan fingerprint density at radius 3 is 2.68 bits per heavy atom. The third kappa shape index (κ3) is 2.48. The lowest BCUT2D eigenvalue weighted by molar-refractivity contribution is 0.103. The van der Waals surface area contributed by atoms with Crippen LogP contribution in [0.1, 0.15) is 10.4 Å². The molecule has 0 radical (unpaired) electrons. The molecule has 0 saturated carbocycles. The van der Waals surface area contributed by atoms with E-state index in [4.69, 9.17) is 11.6 Å². The zero-order chi connectivity index (χ0) is 17.8. The molecule has 0 saturated heterocycles. The van der Waals surface area contributed by atoms with Crippen molar-refractivity contribution in [2.45, 2.75) is 4.90 Å². The van der Waals surface area contributed by atoms with E-state index in [1.165, 1.54) is 24.3 Å². The van der Waals surface area contributed by atoms with Crippen molar-refractivity contribution in [1.82, 2.24) is 0 Å². The van der Waals surface area contributed by atoms with Crippen LogP contribution in [-0.2, 0) is 10.0 Å². The molecule has 25 heavy (non-hydrogen) atoms. The quantitative estimate of drug-likeness (QED) is 0.611. The second-order valence-corrected chi connectivity index (χ2v) is 7.65. The van der Waals surface area contributed by atoms with Crippen LogP contribution >= 0.6 is 11.6 Å². The number of rotatable bonds is 3. The summed E-state index contributed by atoms with van der Waals surface area (Å²) in [7, 11) is -4.01. The second kappa shape index (κ2) is 5.37. The highest BCUT2D eigenvalue weighted by atomic mass is 35.5. The Hall–Kier alpha value is -2.77. The molecule has 0 aliphatic carbocycles. The number of nitrogens with one attached hydrogen (secondary N) is 2. The average Bonchev–Trinajstić information content (AvgIpc) is 2.89. The molecule has 1 amide bonds. The first-order valence-electron chi connectivity index (χ1n) is 7.25. The van der Waals surface area contributed by atoms with Gasteiger partial charge in [0.2, 0.25) is 0 Å². The molecule has 1 aliphatic rings. The third-order valence-electron chi connectivity index (χ3n) is 3.99. The fraction of sp³-hybridized carbons (Fsp3) is 0. The van der Waals surface area contributed by atoms with Crippen molar-refractivity contribution in [3.63, 3.8) is 0 Å². The molecular formula is C17H11ClN2O4S. The summed E-state index contributed by atoms with van der Waals surface area (Å²) in [5, 5.41) is 13.8. The number of anilines is 2. The number of hydrogen-bond acceptors (Lipinski definition) is 4. The topological polar surface area (TPSA) is 95.5 Å². The Balaban J connectivity index is 1.89. The molecule has 0 bridgehead atoms. The van der Waals surface area contributed by atoms with Gasteiger partial charge in [0.15, 0.2) is 0 Å². The molecule has 1 heterocycles. The van der Waals surface area contributed by atoms with E-state index in [2.05, 4.69) is 10.0 Å². The number of amides is 1. The minimum Gasteiger partial charge on any atom is -0.506 e. The summed E-state index contributed by atoms with van der Waals surface area (Å²) in [5.41, 5.74) is 0.972. The number of carbonyl (C=O) groups excluding carboxylic acids is 1. The van der Waals surface area contributed by atoms with E-state index in [0.717, 1.165) is 0 Å². The first kappa shape index (κ1) is 15.7. The van der Waals surface area contributed by atoms with Crippen LogP contribution in [0.4, 0.5) is 11.4 Å². The van der Waals surface area contributed by atoms with E-state index in [0.29, 0.717) is 22.0 Å². The Labute approximate surface area is 148 Å². The fourth-order valence-corrected chi connectivity index (χ4v) is 4.33. The largest absolute Gasteiger partial charge is 0.506 e. The van der Waals surface area contributed by atoms with Crippen molar-refractivity contribution < 1.29 is 18.3 Å². The summed E-state index contributed by atoms with van der Waals surface area (Å²) in [6.07, 6.45) is 0. The molecule has 8 heteroatoms. The predicted molar refractivity (Wildman–Crippen MR) is 95.8 cm³/mol. The number of sulfonamides is 1. The van der Waals surface area contributed by atoms with Crippen molar-refractivity contribution in [2.24, 2.45) is 0 Å². The third-order valence-corrected chi connectivity index (χ3v) is 5.64. The highest BCUT2D eigenvalue weighted by Crippen LogP contribution is 2.37. The van der Waals surface area contributed by atoms with Crippen molar-refractivity contribution in [3.8, 4) is 5.75 Å². The van der Waals surface area contributed by atoms with Crippen LogP contribution in [0.25, 0.3) is 10.8 Å². The number of halogens is 1. The number of hydrogen-bond donors (Lipinski definition) is 3. The van der Waals surface area contributed by atoms with Gasteiger partial charge in [0.05, 0.1) is 10.6 Å². The first-order valence-corrected chi connectivity index (χ1v) is 9.11. The lowest BCUT2D eigenvalue weighted by atomic mass is 10.1. The Kier molecular flexibility index (Phi) is 3.38. The molecule has 1 aliphatic heterocycles. The predicted octanol–water partition coefficient (Wildman–Crippen LogP) is 3.57. The van der Waals surface area contributed by atoms with Gasteiger partial charge in [0.25, 0.3) is 15.9 Å². The van der Waals surface area contributed by atoms with E-state index in [1.807, 2.05) is 0 Å². The maximum Gasteiger partial charge on any atom is 0.262 e. The Morgan fingerprint density at radius 2 is 1.88 bits per heavy atom. The molecule has 3 N–H and O–H groups in total. The smallest absolute Gasteiger partial charge is 0.262 e. The van der Waals surface area contributed by atoms with Crippen LogP contribution in [-0.4, -0.2) is 19.4 Å². The molecule has 0 fully saturated rings. The molecule has 4 rings (SSSR count). The van der Waals surface area contributed by atoms with Gasteiger partial charge in [-0.25, -0.2) is 8.42 Å². The van der Waals surface area contributed by atoms with Crippen molar-refractivity contribution in [2.75, 3.05) is 10.0 Å². The maximum atomic E-state index is 12.8. The van der Waals surface area contributed by atoms with E-state index in [-0.39, 0.29) is 27.3 Å². The molecule has 6 nitrogen and oxygen atoms in total. The van der Waals surface area contributed by atoms with Gasteiger partial charge in [-0.05, 0) is 36.4 Å². The minimum atomic E-state index is -4.01. The summed E-state index contributed by atoms with van der Waals surface area (Å²) >= 11 is 5.86. The minimum absolute atomic E-state index is 0.00368. The molecule has 0 aromatic heterocycles. The highest BCUT2D eigenvalue weighted by Gasteiger charge is 2.26. The molecule has 3 aromatic carbocycles. The van der Waals surface area contributed by atoms with Crippen LogP contribution < -0.4 is 10.0 Å². The van der Waals surface area contributed by atoms with E-state index in [1.54, 1.807) is 24.3 Å². The van der Waals surface area contributed by atoms with Crippen LogP contribution in [0.5, 0.6) is 5.75 Å².